The van der Waals surface area contributed by atoms with Gasteiger partial charge in [0, 0.05) is 0 Å². The fraction of sp³-hybridized carbons (Fsp3) is 1.00. The first-order valence-corrected chi connectivity index (χ1v) is 4.50. The van der Waals surface area contributed by atoms with E-state index in [1.54, 1.807) is 6.92 Å². The van der Waals surface area contributed by atoms with E-state index < -0.39 is 30.7 Å². The zero-order valence-corrected chi connectivity index (χ0v) is 7.91. The second kappa shape index (κ2) is 5.01. The fourth-order valence-electron chi connectivity index (χ4n) is 1.32. The van der Waals surface area contributed by atoms with Crippen molar-refractivity contribution in [2.24, 2.45) is 0 Å². The van der Waals surface area contributed by atoms with Crippen LogP contribution in [0.2, 0.25) is 0 Å². The summed E-state index contributed by atoms with van der Waals surface area (Å²) in [6.07, 6.45) is -5.33. The third-order valence-electron chi connectivity index (χ3n) is 2.18. The Kier molecular flexibility index (Phi) is 4.24. The SMILES string of the molecule is CC1O[C@@H](OCCO)C(O)C(O)[C@@H]1O. The van der Waals surface area contributed by atoms with E-state index in [-0.39, 0.29) is 13.2 Å². The number of aliphatic hydroxyl groups excluding tert-OH is 4. The van der Waals surface area contributed by atoms with Crippen molar-refractivity contribution in [3.05, 3.63) is 0 Å². The summed E-state index contributed by atoms with van der Waals surface area (Å²) in [6.45, 7) is 1.38. The first-order chi connectivity index (χ1) is 6.57. The minimum Gasteiger partial charge on any atom is -0.394 e. The molecule has 1 heterocycles. The van der Waals surface area contributed by atoms with E-state index >= 15 is 0 Å². The summed E-state index contributed by atoms with van der Waals surface area (Å²) in [4.78, 5) is 0. The molecule has 5 atom stereocenters. The number of ether oxygens (including phenoxy) is 2. The Hall–Kier alpha value is -0.240. The zero-order chi connectivity index (χ0) is 10.7. The monoisotopic (exact) mass is 208 g/mol. The van der Waals surface area contributed by atoms with Crippen molar-refractivity contribution in [2.45, 2.75) is 37.6 Å². The molecule has 0 amide bonds. The molecule has 0 saturated carbocycles. The predicted octanol–water partition coefficient (Wildman–Crippen LogP) is -2.18. The molecule has 0 aromatic rings. The van der Waals surface area contributed by atoms with Gasteiger partial charge in [-0.25, -0.2) is 0 Å². The van der Waals surface area contributed by atoms with Crippen LogP contribution >= 0.6 is 0 Å². The molecule has 84 valence electrons. The van der Waals surface area contributed by atoms with Gasteiger partial charge in [-0.1, -0.05) is 0 Å². The smallest absolute Gasteiger partial charge is 0.186 e. The second-order valence-electron chi connectivity index (χ2n) is 3.28. The highest BCUT2D eigenvalue weighted by molar-refractivity contribution is 4.86. The largest absolute Gasteiger partial charge is 0.394 e. The molecular formula is C8H16O6. The Morgan fingerprint density at radius 1 is 1.14 bits per heavy atom. The fourth-order valence-corrected chi connectivity index (χ4v) is 1.32. The van der Waals surface area contributed by atoms with E-state index in [1.165, 1.54) is 0 Å². The molecule has 6 heteroatoms. The van der Waals surface area contributed by atoms with Crippen LogP contribution in [0.25, 0.3) is 0 Å². The Morgan fingerprint density at radius 2 is 1.79 bits per heavy atom. The summed E-state index contributed by atoms with van der Waals surface area (Å²) in [7, 11) is 0. The minimum absolute atomic E-state index is 0.0112. The maximum absolute atomic E-state index is 9.41. The molecule has 1 rings (SSSR count). The molecular weight excluding hydrogens is 192 g/mol. The summed E-state index contributed by atoms with van der Waals surface area (Å²) in [5, 5.41) is 36.6. The molecule has 0 aromatic heterocycles. The van der Waals surface area contributed by atoms with Crippen LogP contribution < -0.4 is 0 Å². The van der Waals surface area contributed by atoms with Gasteiger partial charge in [0.05, 0.1) is 19.3 Å². The molecule has 1 aliphatic heterocycles. The average Bonchev–Trinajstić information content (AvgIpc) is 2.18. The summed E-state index contributed by atoms with van der Waals surface area (Å²) < 4.78 is 10.0. The van der Waals surface area contributed by atoms with Gasteiger partial charge in [-0.15, -0.1) is 0 Å². The van der Waals surface area contributed by atoms with Crippen molar-refractivity contribution in [3.8, 4) is 0 Å². The van der Waals surface area contributed by atoms with Gasteiger partial charge in [-0.2, -0.15) is 0 Å². The normalized spacial score (nSPS) is 43.9. The summed E-state index contributed by atoms with van der Waals surface area (Å²) in [5.41, 5.74) is 0. The van der Waals surface area contributed by atoms with Crippen molar-refractivity contribution in [1.29, 1.82) is 0 Å². The third-order valence-corrected chi connectivity index (χ3v) is 2.18. The van der Waals surface area contributed by atoms with Gasteiger partial charge in [0.1, 0.15) is 18.3 Å². The van der Waals surface area contributed by atoms with Crippen molar-refractivity contribution in [2.75, 3.05) is 13.2 Å². The van der Waals surface area contributed by atoms with Crippen LogP contribution in [0.3, 0.4) is 0 Å². The topological polar surface area (TPSA) is 99.4 Å². The van der Waals surface area contributed by atoms with Crippen LogP contribution in [-0.4, -0.2) is 64.3 Å². The summed E-state index contributed by atoms with van der Waals surface area (Å²) in [6, 6.07) is 0. The van der Waals surface area contributed by atoms with Crippen LogP contribution in [0, 0.1) is 0 Å². The van der Waals surface area contributed by atoms with E-state index in [9.17, 15) is 15.3 Å². The van der Waals surface area contributed by atoms with Crippen LogP contribution in [0.15, 0.2) is 0 Å². The second-order valence-corrected chi connectivity index (χ2v) is 3.28. The molecule has 4 N–H and O–H groups in total. The maximum Gasteiger partial charge on any atom is 0.186 e. The lowest BCUT2D eigenvalue weighted by molar-refractivity contribution is -0.294. The highest BCUT2D eigenvalue weighted by Crippen LogP contribution is 2.21. The van der Waals surface area contributed by atoms with Gasteiger partial charge in [-0.3, -0.25) is 0 Å². The molecule has 0 aromatic carbocycles. The molecule has 1 aliphatic rings. The zero-order valence-electron chi connectivity index (χ0n) is 7.91. The van der Waals surface area contributed by atoms with E-state index in [4.69, 9.17) is 14.6 Å². The highest BCUT2D eigenvalue weighted by Gasteiger charge is 2.42. The summed E-state index contributed by atoms with van der Waals surface area (Å²) in [5.74, 6) is 0. The minimum atomic E-state index is -1.30. The van der Waals surface area contributed by atoms with Gasteiger partial charge in [0.15, 0.2) is 6.29 Å². The van der Waals surface area contributed by atoms with E-state index in [2.05, 4.69) is 0 Å². The van der Waals surface area contributed by atoms with Crippen molar-refractivity contribution in [3.63, 3.8) is 0 Å². The molecule has 0 radical (unpaired) electrons. The van der Waals surface area contributed by atoms with Crippen molar-refractivity contribution >= 4 is 0 Å². The van der Waals surface area contributed by atoms with Gasteiger partial charge < -0.3 is 29.9 Å². The van der Waals surface area contributed by atoms with E-state index in [0.717, 1.165) is 0 Å². The molecule has 3 unspecified atom stereocenters. The maximum atomic E-state index is 9.41. The molecule has 0 bridgehead atoms. The van der Waals surface area contributed by atoms with E-state index in [1.807, 2.05) is 0 Å². The third kappa shape index (κ3) is 2.41. The average molecular weight is 208 g/mol. The van der Waals surface area contributed by atoms with Gasteiger partial charge in [0.2, 0.25) is 0 Å². The number of aliphatic hydroxyl groups is 4. The Balaban J connectivity index is 2.52. The van der Waals surface area contributed by atoms with Crippen molar-refractivity contribution < 1.29 is 29.9 Å². The predicted molar refractivity (Wildman–Crippen MR) is 45.4 cm³/mol. The first kappa shape index (κ1) is 11.8. The molecule has 14 heavy (non-hydrogen) atoms. The summed E-state index contributed by atoms with van der Waals surface area (Å²) >= 11 is 0. The number of hydrogen-bond acceptors (Lipinski definition) is 6. The Labute approximate surface area is 81.7 Å². The lowest BCUT2D eigenvalue weighted by Gasteiger charge is -2.38. The number of rotatable bonds is 3. The van der Waals surface area contributed by atoms with Crippen LogP contribution in [0.4, 0.5) is 0 Å². The molecule has 0 spiro atoms. The molecule has 6 nitrogen and oxygen atoms in total. The standard InChI is InChI=1S/C8H16O6/c1-4-5(10)6(11)7(12)8(14-4)13-3-2-9/h4-12H,2-3H2,1H3/t4?,5-,6?,7?,8-/m1/s1. The lowest BCUT2D eigenvalue weighted by Crippen LogP contribution is -2.57. The van der Waals surface area contributed by atoms with Crippen LogP contribution in [0.5, 0.6) is 0 Å². The molecule has 0 aliphatic carbocycles. The first-order valence-electron chi connectivity index (χ1n) is 4.50. The quantitative estimate of drug-likeness (QED) is 0.421. The molecule has 1 saturated heterocycles. The lowest BCUT2D eigenvalue weighted by atomic mass is 10.0. The Bertz CT molecular complexity index is 175. The van der Waals surface area contributed by atoms with Crippen molar-refractivity contribution in [1.82, 2.24) is 0 Å². The number of hydrogen-bond donors (Lipinski definition) is 4. The Morgan fingerprint density at radius 3 is 2.36 bits per heavy atom. The van der Waals surface area contributed by atoms with Crippen LogP contribution in [0.1, 0.15) is 6.92 Å². The van der Waals surface area contributed by atoms with Gasteiger partial charge in [-0.05, 0) is 6.92 Å². The van der Waals surface area contributed by atoms with E-state index in [0.29, 0.717) is 0 Å². The highest BCUT2D eigenvalue weighted by atomic mass is 16.7. The molecule has 1 fully saturated rings. The van der Waals surface area contributed by atoms with Crippen LogP contribution in [-0.2, 0) is 9.47 Å². The van der Waals surface area contributed by atoms with Gasteiger partial charge >= 0.3 is 0 Å². The van der Waals surface area contributed by atoms with Gasteiger partial charge in [0.25, 0.3) is 0 Å².